The van der Waals surface area contributed by atoms with Gasteiger partial charge < -0.3 is 0 Å². The van der Waals surface area contributed by atoms with Crippen LogP contribution in [0.5, 0.6) is 0 Å². The molecule has 1 heterocycles. The highest BCUT2D eigenvalue weighted by atomic mass is 16.6. The van der Waals surface area contributed by atoms with Gasteiger partial charge in [-0.1, -0.05) is 32.9 Å². The summed E-state index contributed by atoms with van der Waals surface area (Å²) < 4.78 is 0. The van der Waals surface area contributed by atoms with E-state index in [1.54, 1.807) is 30.3 Å². The number of aromatic amines is 1. The first-order chi connectivity index (χ1) is 11.8. The molecule has 8 heteroatoms. The summed E-state index contributed by atoms with van der Waals surface area (Å²) in [6, 6.07) is 8.02. The minimum absolute atomic E-state index is 0.00224. The summed E-state index contributed by atoms with van der Waals surface area (Å²) >= 11 is 0. The molecule has 1 aromatic heterocycles. The summed E-state index contributed by atoms with van der Waals surface area (Å²) in [5, 5.41) is 21.5. The lowest BCUT2D eigenvalue weighted by Crippen LogP contribution is -2.17. The van der Waals surface area contributed by atoms with Crippen molar-refractivity contribution in [2.24, 2.45) is 5.10 Å². The van der Waals surface area contributed by atoms with Gasteiger partial charge in [0.1, 0.15) is 0 Å². The zero-order valence-corrected chi connectivity index (χ0v) is 14.2. The standard InChI is InChI=1S/C17H19N5O3/c1-17(2,3)15-11-13(19-20-15)16(23)21-18-10-6-8-12-7-4-5-9-14(12)22(24)25/h4-11H,1-3H3,(H,19,20)(H,21,23). The number of nitrogens with zero attached hydrogens (tertiary/aromatic N) is 3. The summed E-state index contributed by atoms with van der Waals surface area (Å²) in [5.74, 6) is -0.443. The first kappa shape index (κ1) is 18.1. The molecule has 8 nitrogen and oxygen atoms in total. The maximum absolute atomic E-state index is 11.9. The molecule has 2 aromatic rings. The Kier molecular flexibility index (Phi) is 5.43. The number of hydrogen-bond donors (Lipinski definition) is 2. The van der Waals surface area contributed by atoms with Crippen LogP contribution in [-0.4, -0.2) is 27.2 Å². The highest BCUT2D eigenvalue weighted by molar-refractivity contribution is 5.93. The number of benzene rings is 1. The first-order valence-corrected chi connectivity index (χ1v) is 7.58. The van der Waals surface area contributed by atoms with Crippen LogP contribution in [0.15, 0.2) is 41.5 Å². The number of H-pyrrole nitrogens is 1. The number of hydrazone groups is 1. The van der Waals surface area contributed by atoms with E-state index in [9.17, 15) is 14.9 Å². The van der Waals surface area contributed by atoms with Gasteiger partial charge in [-0.3, -0.25) is 20.0 Å². The van der Waals surface area contributed by atoms with Crippen molar-refractivity contribution in [1.82, 2.24) is 15.6 Å². The third kappa shape index (κ3) is 4.84. The molecular formula is C17H19N5O3. The largest absolute Gasteiger partial charge is 0.291 e. The van der Waals surface area contributed by atoms with Gasteiger partial charge >= 0.3 is 0 Å². The van der Waals surface area contributed by atoms with Gasteiger partial charge in [-0.15, -0.1) is 0 Å². The van der Waals surface area contributed by atoms with E-state index in [0.717, 1.165) is 5.69 Å². The van der Waals surface area contributed by atoms with Gasteiger partial charge in [0.05, 0.1) is 10.5 Å². The lowest BCUT2D eigenvalue weighted by Gasteiger charge is -2.14. The highest BCUT2D eigenvalue weighted by Crippen LogP contribution is 2.20. The number of amides is 1. The van der Waals surface area contributed by atoms with Crippen LogP contribution in [0.25, 0.3) is 6.08 Å². The zero-order valence-electron chi connectivity index (χ0n) is 14.2. The van der Waals surface area contributed by atoms with Gasteiger partial charge in [0.25, 0.3) is 11.6 Å². The van der Waals surface area contributed by atoms with Gasteiger partial charge in [-0.25, -0.2) is 5.43 Å². The van der Waals surface area contributed by atoms with Crippen molar-refractivity contribution in [2.45, 2.75) is 26.2 Å². The molecule has 0 atom stereocenters. The Bertz CT molecular complexity index is 831. The third-order valence-electron chi connectivity index (χ3n) is 3.35. The topological polar surface area (TPSA) is 113 Å². The Morgan fingerprint density at radius 3 is 2.72 bits per heavy atom. The van der Waals surface area contributed by atoms with Gasteiger partial charge in [-0.2, -0.15) is 10.2 Å². The highest BCUT2D eigenvalue weighted by Gasteiger charge is 2.19. The summed E-state index contributed by atoms with van der Waals surface area (Å²) in [6.07, 6.45) is 4.39. The number of nitro groups is 1. The van der Waals surface area contributed by atoms with Crippen LogP contribution in [0.3, 0.4) is 0 Å². The van der Waals surface area contributed by atoms with Crippen LogP contribution < -0.4 is 5.43 Å². The van der Waals surface area contributed by atoms with Crippen molar-refractivity contribution in [2.75, 3.05) is 0 Å². The van der Waals surface area contributed by atoms with Crippen molar-refractivity contribution in [3.63, 3.8) is 0 Å². The molecule has 0 spiro atoms. The van der Waals surface area contributed by atoms with E-state index < -0.39 is 10.8 Å². The van der Waals surface area contributed by atoms with Crippen molar-refractivity contribution in [3.8, 4) is 0 Å². The summed E-state index contributed by atoms with van der Waals surface area (Å²) in [7, 11) is 0. The second-order valence-corrected chi connectivity index (χ2v) is 6.31. The smallest absolute Gasteiger partial charge is 0.281 e. The number of rotatable bonds is 5. The van der Waals surface area contributed by atoms with Crippen molar-refractivity contribution in [3.05, 3.63) is 63.5 Å². The van der Waals surface area contributed by atoms with Gasteiger partial charge in [0.2, 0.25) is 0 Å². The van der Waals surface area contributed by atoms with Crippen LogP contribution >= 0.6 is 0 Å². The summed E-state index contributed by atoms with van der Waals surface area (Å²) in [5.41, 5.74) is 3.75. The predicted octanol–water partition coefficient (Wildman–Crippen LogP) is 3.04. The van der Waals surface area contributed by atoms with E-state index in [4.69, 9.17) is 0 Å². The van der Waals surface area contributed by atoms with Crippen LogP contribution in [0, 0.1) is 10.1 Å². The number of nitrogens with one attached hydrogen (secondary N) is 2. The number of nitro benzene ring substituents is 1. The fraction of sp³-hybridized carbons (Fsp3) is 0.235. The molecule has 0 radical (unpaired) electrons. The van der Waals surface area contributed by atoms with E-state index >= 15 is 0 Å². The predicted molar refractivity (Wildman–Crippen MR) is 95.4 cm³/mol. The molecule has 0 saturated carbocycles. The quantitative estimate of drug-likeness (QED) is 0.494. The molecule has 0 unspecified atom stereocenters. The van der Waals surface area contributed by atoms with Gasteiger partial charge in [-0.05, 0) is 24.3 Å². The lowest BCUT2D eigenvalue weighted by atomic mass is 9.92. The number of hydrogen-bond acceptors (Lipinski definition) is 5. The molecule has 0 aliphatic heterocycles. The number of allylic oxidation sites excluding steroid dienone is 1. The number of aromatic nitrogens is 2. The molecule has 0 aliphatic rings. The maximum atomic E-state index is 11.9. The van der Waals surface area contributed by atoms with Crippen molar-refractivity contribution >= 4 is 23.9 Å². The Hall–Kier alpha value is -3.29. The number of para-hydroxylation sites is 1. The van der Waals surface area contributed by atoms with Crippen LogP contribution in [0.4, 0.5) is 5.69 Å². The molecule has 0 fully saturated rings. The van der Waals surface area contributed by atoms with Gasteiger partial charge in [0.15, 0.2) is 5.69 Å². The summed E-state index contributed by atoms with van der Waals surface area (Å²) in [4.78, 5) is 22.4. The van der Waals surface area contributed by atoms with E-state index in [2.05, 4.69) is 20.7 Å². The molecule has 2 rings (SSSR count). The Labute approximate surface area is 144 Å². The molecule has 0 saturated heterocycles. The average Bonchev–Trinajstić information content (AvgIpc) is 3.05. The average molecular weight is 341 g/mol. The molecule has 1 aromatic carbocycles. The molecule has 2 N–H and O–H groups in total. The van der Waals surface area contributed by atoms with E-state index in [1.165, 1.54) is 18.4 Å². The molecule has 1 amide bonds. The molecule has 0 bridgehead atoms. The van der Waals surface area contributed by atoms with Crippen LogP contribution in [-0.2, 0) is 5.41 Å². The lowest BCUT2D eigenvalue weighted by molar-refractivity contribution is -0.385. The number of carbonyl (C=O) groups excluding carboxylic acids is 1. The normalized spacial score (nSPS) is 12.0. The monoisotopic (exact) mass is 341 g/mol. The fourth-order valence-corrected chi connectivity index (χ4v) is 1.96. The number of carbonyl (C=O) groups is 1. The minimum Gasteiger partial charge on any atom is -0.281 e. The van der Waals surface area contributed by atoms with Crippen molar-refractivity contribution < 1.29 is 9.72 Å². The molecule has 25 heavy (non-hydrogen) atoms. The zero-order chi connectivity index (χ0) is 18.4. The van der Waals surface area contributed by atoms with Crippen molar-refractivity contribution in [1.29, 1.82) is 0 Å². The third-order valence-corrected chi connectivity index (χ3v) is 3.35. The van der Waals surface area contributed by atoms with Gasteiger partial charge in [0, 0.05) is 23.4 Å². The summed E-state index contributed by atoms with van der Waals surface area (Å²) in [6.45, 7) is 6.02. The molecule has 0 aliphatic carbocycles. The fourth-order valence-electron chi connectivity index (χ4n) is 1.96. The SMILES string of the molecule is CC(C)(C)c1cc(C(=O)NN=CC=Cc2ccccc2[N+](=O)[O-])n[nH]1. The first-order valence-electron chi connectivity index (χ1n) is 7.58. The minimum atomic E-state index is -0.455. The van der Waals surface area contributed by atoms with Crippen LogP contribution in [0.2, 0.25) is 0 Å². The van der Waals surface area contributed by atoms with E-state index in [1.807, 2.05) is 20.8 Å². The van der Waals surface area contributed by atoms with E-state index in [-0.39, 0.29) is 16.8 Å². The maximum Gasteiger partial charge on any atom is 0.291 e. The van der Waals surface area contributed by atoms with Crippen LogP contribution in [0.1, 0.15) is 42.5 Å². The Morgan fingerprint density at radius 2 is 2.08 bits per heavy atom. The Morgan fingerprint density at radius 1 is 1.36 bits per heavy atom. The molecular weight excluding hydrogens is 322 g/mol. The molecule has 130 valence electrons. The van der Waals surface area contributed by atoms with E-state index in [0.29, 0.717) is 5.56 Å². The second-order valence-electron chi connectivity index (χ2n) is 6.31. The second kappa shape index (κ2) is 7.52. The Balaban J connectivity index is 1.96.